The van der Waals surface area contributed by atoms with Crippen LogP contribution in [-0.4, -0.2) is 48.1 Å². The fourth-order valence-electron chi connectivity index (χ4n) is 3.15. The van der Waals surface area contributed by atoms with E-state index in [1.54, 1.807) is 4.31 Å². The van der Waals surface area contributed by atoms with E-state index in [9.17, 15) is 8.42 Å². The summed E-state index contributed by atoms with van der Waals surface area (Å²) in [7, 11) is -3.51. The lowest BCUT2D eigenvalue weighted by molar-refractivity contribution is -0.0586. The van der Waals surface area contributed by atoms with Crippen LogP contribution in [0.3, 0.4) is 0 Å². The third-order valence-electron chi connectivity index (χ3n) is 4.17. The number of aliphatic hydroxyl groups is 1. The second-order valence-corrected chi connectivity index (χ2v) is 7.29. The number of fused-ring (bicyclic) bond motifs is 1. The van der Waals surface area contributed by atoms with Gasteiger partial charge in [0.25, 0.3) is 0 Å². The Morgan fingerprint density at radius 2 is 2.20 bits per heavy atom. The van der Waals surface area contributed by atoms with Crippen LogP contribution in [0.1, 0.15) is 31.4 Å². The molecule has 2 N–H and O–H groups in total. The van der Waals surface area contributed by atoms with E-state index >= 15 is 0 Å². The van der Waals surface area contributed by atoms with Crippen LogP contribution in [-0.2, 0) is 21.4 Å². The minimum Gasteiger partial charge on any atom is -0.390 e. The normalized spacial score (nSPS) is 28.2. The molecule has 7 heteroatoms. The molecule has 2 heterocycles. The number of morpholine rings is 1. The molecule has 1 aromatic rings. The van der Waals surface area contributed by atoms with Crippen LogP contribution < -0.4 is 0 Å². The van der Waals surface area contributed by atoms with Gasteiger partial charge in [-0.2, -0.15) is 4.31 Å². The van der Waals surface area contributed by atoms with Gasteiger partial charge in [-0.3, -0.25) is 0 Å². The molecule has 0 amide bonds. The van der Waals surface area contributed by atoms with Crippen molar-refractivity contribution in [2.24, 2.45) is 0 Å². The minimum absolute atomic E-state index is 0.0310. The largest absolute Gasteiger partial charge is 0.390 e. The Morgan fingerprint density at radius 1 is 1.40 bits per heavy atom. The van der Waals surface area contributed by atoms with Crippen molar-refractivity contribution in [2.75, 3.05) is 13.2 Å². The van der Waals surface area contributed by atoms with Gasteiger partial charge >= 0.3 is 0 Å². The van der Waals surface area contributed by atoms with Gasteiger partial charge in [0, 0.05) is 18.4 Å². The van der Waals surface area contributed by atoms with Gasteiger partial charge in [0.2, 0.25) is 10.0 Å². The second-order valence-electron chi connectivity index (χ2n) is 5.40. The monoisotopic (exact) mass is 300 g/mol. The first-order valence-corrected chi connectivity index (χ1v) is 8.48. The molecule has 0 spiro atoms. The van der Waals surface area contributed by atoms with Gasteiger partial charge in [0.1, 0.15) is 0 Å². The Morgan fingerprint density at radius 3 is 2.95 bits per heavy atom. The van der Waals surface area contributed by atoms with Gasteiger partial charge < -0.3 is 14.8 Å². The highest BCUT2D eigenvalue weighted by Gasteiger charge is 2.41. The Hall–Kier alpha value is -0.890. The quantitative estimate of drug-likeness (QED) is 0.866. The van der Waals surface area contributed by atoms with E-state index in [2.05, 4.69) is 4.98 Å². The summed E-state index contributed by atoms with van der Waals surface area (Å²) in [4.78, 5) is 3.02. The average Bonchev–Trinajstić information content (AvgIpc) is 2.96. The molecule has 1 aromatic heterocycles. The maximum Gasteiger partial charge on any atom is 0.245 e. The number of hydrogen-bond donors (Lipinski definition) is 2. The van der Waals surface area contributed by atoms with Crippen molar-refractivity contribution in [1.82, 2.24) is 9.29 Å². The molecule has 0 aromatic carbocycles. The molecular weight excluding hydrogens is 280 g/mol. The van der Waals surface area contributed by atoms with Crippen LogP contribution in [0.4, 0.5) is 0 Å². The number of H-pyrrole nitrogens is 1. The molecule has 3 rings (SSSR count). The van der Waals surface area contributed by atoms with Crippen LogP contribution in [0.15, 0.2) is 17.2 Å². The lowest BCUT2D eigenvalue weighted by atomic mass is 9.91. The van der Waals surface area contributed by atoms with E-state index < -0.39 is 10.0 Å². The predicted molar refractivity (Wildman–Crippen MR) is 72.6 cm³/mol. The van der Waals surface area contributed by atoms with Gasteiger partial charge in [0.15, 0.2) is 0 Å². The predicted octanol–water partition coefficient (Wildman–Crippen LogP) is 0.839. The topological polar surface area (TPSA) is 82.6 Å². The first kappa shape index (κ1) is 14.1. The highest BCUT2D eigenvalue weighted by Crippen LogP contribution is 2.32. The summed E-state index contributed by atoms with van der Waals surface area (Å²) >= 11 is 0. The van der Waals surface area contributed by atoms with Gasteiger partial charge in [-0.05, 0) is 18.9 Å². The average molecular weight is 300 g/mol. The molecule has 20 heavy (non-hydrogen) atoms. The van der Waals surface area contributed by atoms with Crippen molar-refractivity contribution >= 4 is 10.0 Å². The third kappa shape index (κ3) is 2.39. The van der Waals surface area contributed by atoms with E-state index in [0.29, 0.717) is 18.8 Å². The number of ether oxygens (including phenoxy) is 1. The van der Waals surface area contributed by atoms with Gasteiger partial charge in [0.05, 0.1) is 30.3 Å². The molecule has 1 aliphatic carbocycles. The maximum atomic E-state index is 12.7. The second kappa shape index (κ2) is 5.48. The molecule has 2 fully saturated rings. The number of aliphatic hydroxyl groups excluding tert-OH is 1. The molecule has 0 radical (unpaired) electrons. The Balaban J connectivity index is 1.89. The molecule has 2 aliphatic rings. The standard InChI is InChI=1S/C13H20N2O4S/c16-9-10-7-11(8-14-10)20(17,18)15-5-6-19-13-4-2-1-3-12(13)15/h7-8,12-14,16H,1-6,9H2. The fraction of sp³-hybridized carbons (Fsp3) is 0.692. The molecule has 2 atom stereocenters. The number of aromatic nitrogens is 1. The number of nitrogens with one attached hydrogen (secondary N) is 1. The number of aromatic amines is 1. The first-order valence-electron chi connectivity index (χ1n) is 7.04. The number of sulfonamides is 1. The third-order valence-corrected chi connectivity index (χ3v) is 6.08. The first-order chi connectivity index (χ1) is 9.63. The fourth-order valence-corrected chi connectivity index (χ4v) is 4.84. The van der Waals surface area contributed by atoms with Crippen molar-refractivity contribution in [1.29, 1.82) is 0 Å². The van der Waals surface area contributed by atoms with Crippen LogP contribution in [0.5, 0.6) is 0 Å². The van der Waals surface area contributed by atoms with E-state index in [1.807, 2.05) is 0 Å². The maximum absolute atomic E-state index is 12.7. The zero-order valence-electron chi connectivity index (χ0n) is 11.3. The Bertz CT molecular complexity index is 567. The van der Waals surface area contributed by atoms with E-state index in [0.717, 1.165) is 25.7 Å². The van der Waals surface area contributed by atoms with Crippen LogP contribution in [0, 0.1) is 0 Å². The summed E-state index contributed by atoms with van der Waals surface area (Å²) in [6, 6.07) is 1.46. The summed E-state index contributed by atoms with van der Waals surface area (Å²) in [5.41, 5.74) is 0.511. The van der Waals surface area contributed by atoms with Gasteiger partial charge in [-0.1, -0.05) is 12.8 Å². The number of hydrogen-bond acceptors (Lipinski definition) is 4. The summed E-state index contributed by atoms with van der Waals surface area (Å²) in [6.07, 6.45) is 5.43. The van der Waals surface area contributed by atoms with Crippen molar-refractivity contribution < 1.29 is 18.3 Å². The highest BCUT2D eigenvalue weighted by molar-refractivity contribution is 7.89. The molecule has 1 saturated heterocycles. The van der Waals surface area contributed by atoms with Crippen LogP contribution >= 0.6 is 0 Å². The summed E-state index contributed by atoms with van der Waals surface area (Å²) in [6.45, 7) is 0.672. The van der Waals surface area contributed by atoms with E-state index in [1.165, 1.54) is 12.3 Å². The lowest BCUT2D eigenvalue weighted by Crippen LogP contribution is -2.54. The smallest absolute Gasteiger partial charge is 0.245 e. The summed E-state index contributed by atoms with van der Waals surface area (Å²) in [5.74, 6) is 0. The van der Waals surface area contributed by atoms with Gasteiger partial charge in [-0.25, -0.2) is 8.42 Å². The van der Waals surface area contributed by atoms with E-state index in [-0.39, 0.29) is 23.6 Å². The minimum atomic E-state index is -3.51. The Kier molecular flexibility index (Phi) is 3.85. The number of nitrogens with zero attached hydrogens (tertiary/aromatic N) is 1. The van der Waals surface area contributed by atoms with Crippen LogP contribution in [0.25, 0.3) is 0 Å². The molecular formula is C13H20N2O4S. The van der Waals surface area contributed by atoms with Crippen LogP contribution in [0.2, 0.25) is 0 Å². The molecule has 112 valence electrons. The number of rotatable bonds is 3. The highest BCUT2D eigenvalue weighted by atomic mass is 32.2. The summed E-state index contributed by atoms with van der Waals surface area (Å²) in [5, 5.41) is 9.05. The SMILES string of the molecule is O=S(=O)(c1c[nH]c(CO)c1)N1CCOC2CCCCC21. The summed E-state index contributed by atoms with van der Waals surface area (Å²) < 4.78 is 32.8. The molecule has 1 aliphatic heterocycles. The zero-order chi connectivity index (χ0) is 14.2. The molecule has 1 saturated carbocycles. The van der Waals surface area contributed by atoms with Crippen molar-refractivity contribution in [2.45, 2.75) is 49.3 Å². The van der Waals surface area contributed by atoms with Crippen molar-refractivity contribution in [3.63, 3.8) is 0 Å². The van der Waals surface area contributed by atoms with Gasteiger partial charge in [-0.15, -0.1) is 0 Å². The van der Waals surface area contributed by atoms with Crippen molar-refractivity contribution in [3.8, 4) is 0 Å². The molecule has 2 unspecified atom stereocenters. The van der Waals surface area contributed by atoms with E-state index in [4.69, 9.17) is 9.84 Å². The molecule has 0 bridgehead atoms. The molecule has 6 nitrogen and oxygen atoms in total. The van der Waals surface area contributed by atoms with Crippen molar-refractivity contribution in [3.05, 3.63) is 18.0 Å². The zero-order valence-corrected chi connectivity index (χ0v) is 12.1. The Labute approximate surface area is 118 Å². The lowest BCUT2D eigenvalue weighted by Gasteiger charge is -2.42.